The van der Waals surface area contributed by atoms with Crippen molar-refractivity contribution in [2.45, 2.75) is 0 Å². The number of para-hydroxylation sites is 2. The summed E-state index contributed by atoms with van der Waals surface area (Å²) in [5.74, 6) is 0. The van der Waals surface area contributed by atoms with Gasteiger partial charge in [-0.15, -0.1) is 11.3 Å². The first-order valence-electron chi connectivity index (χ1n) is 8.72. The van der Waals surface area contributed by atoms with Gasteiger partial charge in [-0.2, -0.15) is 5.10 Å². The van der Waals surface area contributed by atoms with Gasteiger partial charge in [0, 0.05) is 23.2 Å². The molecule has 0 amide bonds. The number of benzene rings is 2. The summed E-state index contributed by atoms with van der Waals surface area (Å²) in [7, 11) is 0. The van der Waals surface area contributed by atoms with Gasteiger partial charge in [0.2, 0.25) is 4.80 Å². The molecule has 0 saturated heterocycles. The minimum atomic E-state index is -0.438. The lowest BCUT2D eigenvalue weighted by atomic mass is 10.2. The summed E-state index contributed by atoms with van der Waals surface area (Å²) in [5, 5.41) is 17.8. The molecular formula is C21H15N5O2S. The molecule has 0 aliphatic carbocycles. The van der Waals surface area contributed by atoms with Crippen LogP contribution in [0, 0.1) is 10.1 Å². The van der Waals surface area contributed by atoms with E-state index in [1.165, 1.54) is 17.4 Å². The van der Waals surface area contributed by atoms with Crippen molar-refractivity contribution in [1.29, 1.82) is 0 Å². The summed E-state index contributed by atoms with van der Waals surface area (Å²) in [6.07, 6.45) is 3.33. The molecule has 8 heteroatoms. The molecule has 2 heterocycles. The molecular weight excluding hydrogens is 386 g/mol. The average Bonchev–Trinajstić information content (AvgIpc) is 3.16. The predicted molar refractivity (Wildman–Crippen MR) is 113 cm³/mol. The number of nitro benzene ring substituents is 1. The number of aromatic nitrogens is 2. The highest BCUT2D eigenvalue weighted by atomic mass is 32.1. The first-order valence-corrected chi connectivity index (χ1v) is 9.60. The van der Waals surface area contributed by atoms with E-state index in [4.69, 9.17) is 0 Å². The van der Waals surface area contributed by atoms with Crippen molar-refractivity contribution in [3.8, 4) is 11.3 Å². The zero-order valence-corrected chi connectivity index (χ0v) is 15.9. The summed E-state index contributed by atoms with van der Waals surface area (Å²) < 4.78 is 1.67. The van der Waals surface area contributed by atoms with Crippen LogP contribution in [0.4, 0.5) is 11.4 Å². The fourth-order valence-corrected chi connectivity index (χ4v) is 3.53. The highest BCUT2D eigenvalue weighted by Crippen LogP contribution is 2.26. The van der Waals surface area contributed by atoms with Crippen LogP contribution in [0.2, 0.25) is 0 Å². The maximum atomic E-state index is 11.3. The number of rotatable bonds is 5. The lowest BCUT2D eigenvalue weighted by Crippen LogP contribution is -2.12. The molecule has 0 N–H and O–H groups in total. The molecule has 0 bridgehead atoms. The molecule has 4 aromatic rings. The smallest absolute Gasteiger partial charge is 0.258 e. The first kappa shape index (κ1) is 18.5. The summed E-state index contributed by atoms with van der Waals surface area (Å²) in [5.41, 5.74) is 2.72. The third-order valence-electron chi connectivity index (χ3n) is 4.04. The molecule has 0 atom stereocenters. The van der Waals surface area contributed by atoms with Gasteiger partial charge >= 0.3 is 0 Å². The molecule has 0 aliphatic rings. The van der Waals surface area contributed by atoms with Gasteiger partial charge in [-0.1, -0.05) is 48.5 Å². The fourth-order valence-electron chi connectivity index (χ4n) is 2.68. The maximum absolute atomic E-state index is 11.3. The van der Waals surface area contributed by atoms with E-state index in [0.717, 1.165) is 11.3 Å². The number of nitrogens with zero attached hydrogens (tertiary/aromatic N) is 5. The molecule has 142 valence electrons. The Morgan fingerprint density at radius 1 is 1.00 bits per heavy atom. The van der Waals surface area contributed by atoms with E-state index in [1.807, 2.05) is 53.9 Å². The second-order valence-electron chi connectivity index (χ2n) is 5.94. The fraction of sp³-hybridized carbons (Fsp3) is 0. The number of thiazole rings is 1. The van der Waals surface area contributed by atoms with Crippen LogP contribution >= 0.6 is 11.3 Å². The first-order chi connectivity index (χ1) is 14.2. The van der Waals surface area contributed by atoms with Crippen molar-refractivity contribution in [2.24, 2.45) is 10.1 Å². The van der Waals surface area contributed by atoms with Crippen molar-refractivity contribution in [3.63, 3.8) is 0 Å². The average molecular weight is 401 g/mol. The molecule has 0 spiro atoms. The molecule has 0 aliphatic heterocycles. The summed E-state index contributed by atoms with van der Waals surface area (Å²) >= 11 is 1.36. The third kappa shape index (κ3) is 4.17. The molecule has 29 heavy (non-hydrogen) atoms. The summed E-state index contributed by atoms with van der Waals surface area (Å²) in [4.78, 5) is 20.2. The van der Waals surface area contributed by atoms with Gasteiger partial charge in [-0.3, -0.25) is 15.1 Å². The Morgan fingerprint density at radius 3 is 2.52 bits per heavy atom. The Hall–Kier alpha value is -3.91. The second-order valence-corrected chi connectivity index (χ2v) is 6.77. The van der Waals surface area contributed by atoms with Crippen molar-refractivity contribution in [2.75, 3.05) is 0 Å². The zero-order chi connectivity index (χ0) is 20.1. The monoisotopic (exact) mass is 401 g/mol. The van der Waals surface area contributed by atoms with Crippen molar-refractivity contribution >= 4 is 28.9 Å². The summed E-state index contributed by atoms with van der Waals surface area (Å²) in [6.45, 7) is 0. The van der Waals surface area contributed by atoms with E-state index in [1.54, 1.807) is 35.3 Å². The normalized spacial score (nSPS) is 11.8. The van der Waals surface area contributed by atoms with Crippen molar-refractivity contribution in [3.05, 3.63) is 105 Å². The Morgan fingerprint density at radius 2 is 1.76 bits per heavy atom. The number of nitro groups is 1. The Kier molecular flexibility index (Phi) is 5.35. The topological polar surface area (TPSA) is 85.7 Å². The van der Waals surface area contributed by atoms with Crippen LogP contribution in [0.5, 0.6) is 0 Å². The molecule has 0 radical (unpaired) electrons. The van der Waals surface area contributed by atoms with Crippen LogP contribution in [-0.2, 0) is 0 Å². The Bertz CT molecular complexity index is 1230. The minimum absolute atomic E-state index is 0.0533. The molecule has 2 aromatic heterocycles. The molecule has 4 rings (SSSR count). The molecule has 0 saturated carbocycles. The molecule has 0 fully saturated rings. The van der Waals surface area contributed by atoms with Gasteiger partial charge in [-0.05, 0) is 18.2 Å². The Balaban J connectivity index is 1.88. The van der Waals surface area contributed by atoms with E-state index in [2.05, 4.69) is 15.1 Å². The highest BCUT2D eigenvalue weighted by Gasteiger charge is 2.13. The number of pyridine rings is 1. The van der Waals surface area contributed by atoms with Crippen LogP contribution in [0.15, 0.2) is 94.5 Å². The van der Waals surface area contributed by atoms with Crippen LogP contribution in [0.25, 0.3) is 11.3 Å². The Labute approximate surface area is 170 Å². The van der Waals surface area contributed by atoms with Crippen LogP contribution in [0.3, 0.4) is 0 Å². The highest BCUT2D eigenvalue weighted by molar-refractivity contribution is 7.07. The maximum Gasteiger partial charge on any atom is 0.294 e. The van der Waals surface area contributed by atoms with E-state index in [9.17, 15) is 10.1 Å². The van der Waals surface area contributed by atoms with Gasteiger partial charge in [0.15, 0.2) is 0 Å². The largest absolute Gasteiger partial charge is 0.294 e. The van der Waals surface area contributed by atoms with E-state index < -0.39 is 4.92 Å². The molecule has 2 aromatic carbocycles. The number of hydrogen-bond donors (Lipinski definition) is 0. The predicted octanol–water partition coefficient (Wildman–Crippen LogP) is 4.63. The van der Waals surface area contributed by atoms with Gasteiger partial charge in [0.05, 0.1) is 22.5 Å². The van der Waals surface area contributed by atoms with E-state index in [0.29, 0.717) is 10.5 Å². The van der Waals surface area contributed by atoms with Gasteiger partial charge in [0.1, 0.15) is 5.69 Å². The molecule has 0 unspecified atom stereocenters. The van der Waals surface area contributed by atoms with Gasteiger partial charge in [-0.25, -0.2) is 9.67 Å². The van der Waals surface area contributed by atoms with Gasteiger partial charge < -0.3 is 0 Å². The second kappa shape index (κ2) is 8.41. The lowest BCUT2D eigenvalue weighted by molar-refractivity contribution is -0.384. The van der Waals surface area contributed by atoms with E-state index >= 15 is 0 Å². The quantitative estimate of drug-likeness (QED) is 0.277. The minimum Gasteiger partial charge on any atom is -0.258 e. The van der Waals surface area contributed by atoms with E-state index in [-0.39, 0.29) is 11.4 Å². The van der Waals surface area contributed by atoms with Crippen molar-refractivity contribution < 1.29 is 4.92 Å². The lowest BCUT2D eigenvalue weighted by Gasteiger charge is -2.03. The van der Waals surface area contributed by atoms with Crippen LogP contribution < -0.4 is 4.80 Å². The summed E-state index contributed by atoms with van der Waals surface area (Å²) in [6, 6.07) is 21.7. The number of hydrogen-bond acceptors (Lipinski definition) is 6. The molecule has 7 nitrogen and oxygen atoms in total. The van der Waals surface area contributed by atoms with Gasteiger partial charge in [0.25, 0.3) is 5.69 Å². The van der Waals surface area contributed by atoms with Crippen molar-refractivity contribution in [1.82, 2.24) is 9.66 Å². The zero-order valence-electron chi connectivity index (χ0n) is 15.1. The SMILES string of the molecule is O=[N+]([O-])c1ccccc1N=c1scc(-c2ccccc2)n1N=Cc1ccccn1. The standard InChI is InChI=1S/C21H15N5O2S/c27-26(28)19-12-5-4-11-18(19)24-21-25(23-14-17-10-6-7-13-22-17)20(15-29-21)16-8-2-1-3-9-16/h1-15H. The van der Waals surface area contributed by atoms with Crippen LogP contribution in [0.1, 0.15) is 5.69 Å². The third-order valence-corrected chi connectivity index (χ3v) is 4.86. The van der Waals surface area contributed by atoms with Crippen LogP contribution in [-0.4, -0.2) is 20.8 Å².